The van der Waals surface area contributed by atoms with Crippen LogP contribution in [0, 0.1) is 11.2 Å². The van der Waals surface area contributed by atoms with E-state index >= 15 is 0 Å². The van der Waals surface area contributed by atoms with Gasteiger partial charge in [0, 0.05) is 25.2 Å². The SMILES string of the molecule is CC(C)(C)[C@@H](O)C(=O)N1CC[C@H]1C(=O)NCc1c(CN)ccc(Cl)c1F. The number of hydrogen-bond acceptors (Lipinski definition) is 4. The number of rotatable bonds is 5. The number of halogens is 2. The Balaban J connectivity index is 2.03. The van der Waals surface area contributed by atoms with Gasteiger partial charge in [0.1, 0.15) is 18.0 Å². The van der Waals surface area contributed by atoms with Crippen molar-refractivity contribution in [2.45, 2.75) is 52.4 Å². The lowest BCUT2D eigenvalue weighted by Crippen LogP contribution is -2.61. The highest BCUT2D eigenvalue weighted by atomic mass is 35.5. The smallest absolute Gasteiger partial charge is 0.252 e. The first-order chi connectivity index (χ1) is 12.1. The van der Waals surface area contributed by atoms with E-state index in [-0.39, 0.29) is 23.7 Å². The van der Waals surface area contributed by atoms with Crippen LogP contribution in [-0.2, 0) is 22.7 Å². The highest BCUT2D eigenvalue weighted by Gasteiger charge is 2.42. The number of nitrogens with one attached hydrogen (secondary N) is 1. The molecule has 1 saturated heterocycles. The van der Waals surface area contributed by atoms with E-state index in [9.17, 15) is 19.1 Å². The number of aliphatic hydroxyl groups is 1. The van der Waals surface area contributed by atoms with E-state index in [0.29, 0.717) is 18.5 Å². The number of likely N-dealkylation sites (tertiary alicyclic amines) is 1. The lowest BCUT2D eigenvalue weighted by molar-refractivity contribution is -0.158. The fraction of sp³-hybridized carbons (Fsp3) is 0.556. The summed E-state index contributed by atoms with van der Waals surface area (Å²) in [5, 5.41) is 12.7. The molecule has 26 heavy (non-hydrogen) atoms. The molecule has 6 nitrogen and oxygen atoms in total. The van der Waals surface area contributed by atoms with Gasteiger partial charge in [-0.25, -0.2) is 4.39 Å². The quantitative estimate of drug-likeness (QED) is 0.716. The Hall–Kier alpha value is -1.70. The Morgan fingerprint density at radius 3 is 2.62 bits per heavy atom. The van der Waals surface area contributed by atoms with Crippen LogP contribution < -0.4 is 11.1 Å². The van der Waals surface area contributed by atoms with Crippen molar-refractivity contribution in [2.24, 2.45) is 11.1 Å². The minimum Gasteiger partial charge on any atom is -0.383 e. The summed E-state index contributed by atoms with van der Waals surface area (Å²) in [5.74, 6) is -1.48. The van der Waals surface area contributed by atoms with Crippen LogP contribution in [-0.4, -0.2) is 40.5 Å². The molecular weight excluding hydrogens is 361 g/mol. The Morgan fingerprint density at radius 2 is 2.12 bits per heavy atom. The normalized spacial score (nSPS) is 18.3. The molecule has 1 aliphatic heterocycles. The number of aliphatic hydroxyl groups excluding tert-OH is 1. The van der Waals surface area contributed by atoms with Crippen molar-refractivity contribution in [3.05, 3.63) is 34.1 Å². The van der Waals surface area contributed by atoms with Gasteiger partial charge in [0.2, 0.25) is 5.91 Å². The molecule has 0 saturated carbocycles. The third-order valence-corrected chi connectivity index (χ3v) is 4.90. The molecule has 0 aromatic heterocycles. The molecule has 0 spiro atoms. The molecule has 2 amide bonds. The molecule has 0 radical (unpaired) electrons. The van der Waals surface area contributed by atoms with Crippen LogP contribution in [0.3, 0.4) is 0 Å². The monoisotopic (exact) mass is 385 g/mol. The molecule has 1 aromatic rings. The summed E-state index contributed by atoms with van der Waals surface area (Å²) in [6.07, 6.45) is -0.691. The molecule has 1 fully saturated rings. The standard InChI is InChI=1S/C18H25ClFN3O3/c1-18(2,3)15(24)17(26)23-7-6-13(23)16(25)22-9-11-10(8-21)4-5-12(19)14(11)20/h4-5,13,15,24H,6-9,21H2,1-3H3,(H,22,25)/t13-,15-/m0/s1. The first-order valence-electron chi connectivity index (χ1n) is 8.50. The average Bonchev–Trinajstić information content (AvgIpc) is 2.53. The Morgan fingerprint density at radius 1 is 1.46 bits per heavy atom. The molecule has 0 bridgehead atoms. The minimum atomic E-state index is -1.19. The largest absolute Gasteiger partial charge is 0.383 e. The second-order valence-electron chi connectivity index (χ2n) is 7.53. The van der Waals surface area contributed by atoms with Gasteiger partial charge >= 0.3 is 0 Å². The predicted molar refractivity (Wildman–Crippen MR) is 96.7 cm³/mol. The molecule has 144 valence electrons. The first kappa shape index (κ1) is 20.6. The van der Waals surface area contributed by atoms with E-state index in [0.717, 1.165) is 0 Å². The Bertz CT molecular complexity index is 706. The van der Waals surface area contributed by atoms with Crippen LogP contribution in [0.15, 0.2) is 12.1 Å². The number of nitrogens with two attached hydrogens (primary N) is 1. The lowest BCUT2D eigenvalue weighted by Gasteiger charge is -2.42. The summed E-state index contributed by atoms with van der Waals surface area (Å²) < 4.78 is 14.2. The van der Waals surface area contributed by atoms with Crippen LogP contribution in [0.1, 0.15) is 38.3 Å². The summed E-state index contributed by atoms with van der Waals surface area (Å²) in [7, 11) is 0. The topological polar surface area (TPSA) is 95.7 Å². The van der Waals surface area contributed by atoms with Crippen molar-refractivity contribution in [3.8, 4) is 0 Å². The second-order valence-corrected chi connectivity index (χ2v) is 7.93. The van der Waals surface area contributed by atoms with Gasteiger partial charge in [-0.2, -0.15) is 0 Å². The molecule has 1 heterocycles. The van der Waals surface area contributed by atoms with Crippen molar-refractivity contribution >= 4 is 23.4 Å². The van der Waals surface area contributed by atoms with Crippen LogP contribution in [0.4, 0.5) is 4.39 Å². The lowest BCUT2D eigenvalue weighted by atomic mass is 9.87. The minimum absolute atomic E-state index is 0.0415. The molecule has 4 N–H and O–H groups in total. The highest BCUT2D eigenvalue weighted by molar-refractivity contribution is 6.30. The molecule has 1 aliphatic rings. The van der Waals surface area contributed by atoms with Gasteiger partial charge in [-0.05, 0) is 23.5 Å². The molecule has 1 aromatic carbocycles. The summed E-state index contributed by atoms with van der Waals surface area (Å²) in [5.41, 5.74) is 5.78. The zero-order valence-electron chi connectivity index (χ0n) is 15.2. The molecule has 0 unspecified atom stereocenters. The molecule has 2 rings (SSSR count). The summed E-state index contributed by atoms with van der Waals surface area (Å²) in [6, 6.07) is 2.37. The maximum Gasteiger partial charge on any atom is 0.252 e. The van der Waals surface area contributed by atoms with Crippen LogP contribution in [0.25, 0.3) is 0 Å². The second kappa shape index (κ2) is 7.90. The summed E-state index contributed by atoms with van der Waals surface area (Å²) in [4.78, 5) is 26.1. The van der Waals surface area contributed by atoms with Crippen LogP contribution in [0.5, 0.6) is 0 Å². The van der Waals surface area contributed by atoms with Crippen molar-refractivity contribution in [3.63, 3.8) is 0 Å². The van der Waals surface area contributed by atoms with E-state index in [2.05, 4.69) is 5.32 Å². The third kappa shape index (κ3) is 4.16. The van der Waals surface area contributed by atoms with Crippen molar-refractivity contribution < 1.29 is 19.1 Å². The van der Waals surface area contributed by atoms with Crippen LogP contribution >= 0.6 is 11.6 Å². The Labute approximate surface area is 157 Å². The number of amides is 2. The fourth-order valence-corrected chi connectivity index (χ4v) is 2.94. The molecular formula is C18H25ClFN3O3. The first-order valence-corrected chi connectivity index (χ1v) is 8.87. The van der Waals surface area contributed by atoms with Gasteiger partial charge in [0.15, 0.2) is 0 Å². The van der Waals surface area contributed by atoms with Gasteiger partial charge in [-0.1, -0.05) is 38.4 Å². The van der Waals surface area contributed by atoms with Gasteiger partial charge in [-0.15, -0.1) is 0 Å². The van der Waals surface area contributed by atoms with E-state index < -0.39 is 35.2 Å². The van der Waals surface area contributed by atoms with Gasteiger partial charge in [-0.3, -0.25) is 9.59 Å². The van der Waals surface area contributed by atoms with Gasteiger partial charge < -0.3 is 21.1 Å². The van der Waals surface area contributed by atoms with Crippen LogP contribution in [0.2, 0.25) is 5.02 Å². The van der Waals surface area contributed by atoms with E-state index in [4.69, 9.17) is 17.3 Å². The number of carbonyl (C=O) groups is 2. The number of nitrogens with zero attached hydrogens (tertiary/aromatic N) is 1. The fourth-order valence-electron chi connectivity index (χ4n) is 2.76. The zero-order chi connectivity index (χ0) is 19.6. The van der Waals surface area contributed by atoms with Crippen molar-refractivity contribution in [1.29, 1.82) is 0 Å². The number of carbonyl (C=O) groups excluding carboxylic acids is 2. The molecule has 2 atom stereocenters. The average molecular weight is 386 g/mol. The summed E-state index contributed by atoms with van der Waals surface area (Å²) >= 11 is 5.79. The maximum atomic E-state index is 14.2. The van der Waals surface area contributed by atoms with Crippen molar-refractivity contribution in [1.82, 2.24) is 10.2 Å². The van der Waals surface area contributed by atoms with E-state index in [1.807, 2.05) is 0 Å². The summed E-state index contributed by atoms with van der Waals surface area (Å²) in [6.45, 7) is 5.70. The van der Waals surface area contributed by atoms with Crippen molar-refractivity contribution in [2.75, 3.05) is 6.54 Å². The predicted octanol–water partition coefficient (Wildman–Crippen LogP) is 1.56. The number of hydrogen-bond donors (Lipinski definition) is 3. The highest BCUT2D eigenvalue weighted by Crippen LogP contribution is 2.26. The maximum absolute atomic E-state index is 14.2. The van der Waals surface area contributed by atoms with Gasteiger partial charge in [0.05, 0.1) is 5.02 Å². The van der Waals surface area contributed by atoms with E-state index in [1.165, 1.54) is 11.0 Å². The van der Waals surface area contributed by atoms with E-state index in [1.54, 1.807) is 26.8 Å². The third-order valence-electron chi connectivity index (χ3n) is 4.61. The van der Waals surface area contributed by atoms with Gasteiger partial charge in [0.25, 0.3) is 5.91 Å². The molecule has 0 aliphatic carbocycles. The molecule has 8 heteroatoms. The number of benzene rings is 1. The zero-order valence-corrected chi connectivity index (χ0v) is 15.9. The Kier molecular flexibility index (Phi) is 6.26.